The van der Waals surface area contributed by atoms with Gasteiger partial charge in [-0.3, -0.25) is 9.10 Å². The van der Waals surface area contributed by atoms with Crippen LogP contribution in [0.15, 0.2) is 66.7 Å². The number of fused-ring (bicyclic) bond motifs is 3. The Morgan fingerprint density at radius 3 is 2.55 bits per heavy atom. The zero-order valence-corrected chi connectivity index (χ0v) is 18.0. The van der Waals surface area contributed by atoms with Crippen LogP contribution in [-0.2, 0) is 16.6 Å². The molecule has 1 fully saturated rings. The van der Waals surface area contributed by atoms with Gasteiger partial charge in [-0.2, -0.15) is 0 Å². The molecule has 0 unspecified atom stereocenters. The van der Waals surface area contributed by atoms with E-state index in [1.165, 1.54) is 9.82 Å². The minimum Gasteiger partial charge on any atom is -0.341 e. The maximum atomic E-state index is 12.9. The number of amides is 1. The highest BCUT2D eigenvalue weighted by Crippen LogP contribution is 2.31. The predicted molar refractivity (Wildman–Crippen MR) is 125 cm³/mol. The lowest BCUT2D eigenvalue weighted by atomic mass is 10.1. The Bertz CT molecular complexity index is 1420. The van der Waals surface area contributed by atoms with Crippen molar-refractivity contribution in [2.45, 2.75) is 19.9 Å². The van der Waals surface area contributed by atoms with Crippen molar-refractivity contribution in [3.05, 3.63) is 72.3 Å². The second-order valence-electron chi connectivity index (χ2n) is 7.74. The minimum absolute atomic E-state index is 0.148. The van der Waals surface area contributed by atoms with E-state index in [-0.39, 0.29) is 11.7 Å². The number of nitrogens with one attached hydrogen (secondary N) is 1. The third-order valence-corrected chi connectivity index (χ3v) is 7.71. The Balaban J connectivity index is 1.47. The van der Waals surface area contributed by atoms with Crippen LogP contribution in [-0.4, -0.2) is 31.2 Å². The van der Waals surface area contributed by atoms with E-state index in [2.05, 4.69) is 28.9 Å². The molecule has 31 heavy (non-hydrogen) atoms. The number of hydrogen-bond acceptors (Lipinski definition) is 3. The monoisotopic (exact) mass is 433 g/mol. The molecule has 1 aromatic heterocycles. The topological polar surface area (TPSA) is 71.4 Å². The van der Waals surface area contributed by atoms with Crippen LogP contribution in [0, 0.1) is 0 Å². The summed E-state index contributed by atoms with van der Waals surface area (Å²) in [6.07, 6.45) is 0.601. The maximum Gasteiger partial charge on any atom is 0.255 e. The highest BCUT2D eigenvalue weighted by Gasteiger charge is 2.28. The number of nitrogens with zero attached hydrogens (tertiary/aromatic N) is 2. The molecule has 1 N–H and O–H groups in total. The van der Waals surface area contributed by atoms with Gasteiger partial charge in [0.05, 0.1) is 11.4 Å². The fourth-order valence-electron chi connectivity index (χ4n) is 4.41. The summed E-state index contributed by atoms with van der Waals surface area (Å²) in [6.45, 7) is 3.43. The molecule has 1 aliphatic rings. The minimum atomic E-state index is -3.29. The molecule has 0 radical (unpaired) electrons. The van der Waals surface area contributed by atoms with Crippen molar-refractivity contribution in [1.82, 2.24) is 4.57 Å². The molecule has 0 saturated carbocycles. The van der Waals surface area contributed by atoms with Crippen molar-refractivity contribution >= 4 is 49.1 Å². The molecule has 4 aromatic rings. The first kappa shape index (κ1) is 19.6. The summed E-state index contributed by atoms with van der Waals surface area (Å²) in [6, 6.07) is 21.0. The van der Waals surface area contributed by atoms with Gasteiger partial charge < -0.3 is 9.88 Å². The fraction of sp³-hybridized carbons (Fsp3) is 0.208. The molecule has 7 heteroatoms. The number of sulfonamides is 1. The molecule has 0 aliphatic carbocycles. The molecule has 158 valence electrons. The zero-order chi connectivity index (χ0) is 21.6. The number of carbonyl (C=O) groups is 1. The number of para-hydroxylation sites is 1. The van der Waals surface area contributed by atoms with E-state index in [1.807, 2.05) is 30.3 Å². The predicted octanol–water partition coefficient (Wildman–Crippen LogP) is 4.61. The molecular formula is C24H23N3O3S. The van der Waals surface area contributed by atoms with Crippen LogP contribution in [0.1, 0.15) is 23.7 Å². The Morgan fingerprint density at radius 2 is 1.77 bits per heavy atom. The van der Waals surface area contributed by atoms with Crippen LogP contribution in [0.4, 0.5) is 11.4 Å². The van der Waals surface area contributed by atoms with Crippen molar-refractivity contribution in [3.63, 3.8) is 0 Å². The van der Waals surface area contributed by atoms with Gasteiger partial charge in [0.1, 0.15) is 0 Å². The Kier molecular flexibility index (Phi) is 4.70. The van der Waals surface area contributed by atoms with Gasteiger partial charge in [0.15, 0.2) is 0 Å². The fourth-order valence-corrected chi connectivity index (χ4v) is 5.96. The molecule has 1 aliphatic heterocycles. The average molecular weight is 434 g/mol. The molecule has 5 rings (SSSR count). The van der Waals surface area contributed by atoms with E-state index in [9.17, 15) is 13.2 Å². The second kappa shape index (κ2) is 7.42. The maximum absolute atomic E-state index is 12.9. The van der Waals surface area contributed by atoms with Crippen LogP contribution in [0.5, 0.6) is 0 Å². The average Bonchev–Trinajstić information content (AvgIpc) is 3.30. The van der Waals surface area contributed by atoms with Crippen molar-refractivity contribution in [3.8, 4) is 0 Å². The zero-order valence-electron chi connectivity index (χ0n) is 17.2. The molecule has 3 aromatic carbocycles. The summed E-state index contributed by atoms with van der Waals surface area (Å²) < 4.78 is 28.1. The van der Waals surface area contributed by atoms with Crippen LogP contribution >= 0.6 is 0 Å². The number of hydrogen-bond donors (Lipinski definition) is 1. The molecule has 0 atom stereocenters. The first-order valence-corrected chi connectivity index (χ1v) is 12.0. The molecule has 2 heterocycles. The van der Waals surface area contributed by atoms with E-state index in [4.69, 9.17) is 0 Å². The summed E-state index contributed by atoms with van der Waals surface area (Å²) in [5.41, 5.74) is 3.96. The third kappa shape index (κ3) is 3.35. The number of aryl methyl sites for hydroxylation is 1. The van der Waals surface area contributed by atoms with E-state index in [0.717, 1.165) is 22.8 Å². The number of anilines is 2. The molecule has 1 saturated heterocycles. The van der Waals surface area contributed by atoms with Crippen molar-refractivity contribution in [2.24, 2.45) is 0 Å². The quantitative estimate of drug-likeness (QED) is 0.511. The summed E-state index contributed by atoms with van der Waals surface area (Å²) in [4.78, 5) is 12.9. The van der Waals surface area contributed by atoms with Crippen LogP contribution < -0.4 is 9.62 Å². The van der Waals surface area contributed by atoms with Crippen LogP contribution in [0.25, 0.3) is 21.8 Å². The van der Waals surface area contributed by atoms with E-state index >= 15 is 0 Å². The van der Waals surface area contributed by atoms with Crippen molar-refractivity contribution in [1.29, 1.82) is 0 Å². The largest absolute Gasteiger partial charge is 0.341 e. The summed E-state index contributed by atoms with van der Waals surface area (Å²) >= 11 is 0. The van der Waals surface area contributed by atoms with Crippen molar-refractivity contribution in [2.75, 3.05) is 21.9 Å². The van der Waals surface area contributed by atoms with Gasteiger partial charge >= 0.3 is 0 Å². The smallest absolute Gasteiger partial charge is 0.255 e. The number of carbonyl (C=O) groups excluding carboxylic acids is 1. The first-order chi connectivity index (χ1) is 15.0. The van der Waals surface area contributed by atoms with E-state index < -0.39 is 10.0 Å². The second-order valence-corrected chi connectivity index (χ2v) is 9.75. The Labute approximate surface area is 181 Å². The molecule has 0 spiro atoms. The van der Waals surface area contributed by atoms with Gasteiger partial charge in [-0.05, 0) is 55.8 Å². The highest BCUT2D eigenvalue weighted by molar-refractivity contribution is 7.93. The summed E-state index contributed by atoms with van der Waals surface area (Å²) in [5.74, 6) is -0.119. The van der Waals surface area contributed by atoms with Gasteiger partial charge in [-0.1, -0.05) is 24.3 Å². The Morgan fingerprint density at radius 1 is 0.968 bits per heavy atom. The summed E-state index contributed by atoms with van der Waals surface area (Å²) in [5, 5.41) is 5.20. The van der Waals surface area contributed by atoms with Crippen LogP contribution in [0.3, 0.4) is 0 Å². The normalized spacial score (nSPS) is 15.6. The van der Waals surface area contributed by atoms with Gasteiger partial charge in [0, 0.05) is 46.1 Å². The lowest BCUT2D eigenvalue weighted by Gasteiger charge is -2.17. The van der Waals surface area contributed by atoms with Gasteiger partial charge in [0.25, 0.3) is 5.91 Å². The number of benzene rings is 3. The van der Waals surface area contributed by atoms with E-state index in [1.54, 1.807) is 24.3 Å². The Hall–Kier alpha value is -3.32. The molecule has 6 nitrogen and oxygen atoms in total. The van der Waals surface area contributed by atoms with Gasteiger partial charge in [0.2, 0.25) is 10.0 Å². The third-order valence-electron chi connectivity index (χ3n) is 5.84. The lowest BCUT2D eigenvalue weighted by Crippen LogP contribution is -2.25. The van der Waals surface area contributed by atoms with E-state index in [0.29, 0.717) is 29.9 Å². The van der Waals surface area contributed by atoms with Crippen LogP contribution in [0.2, 0.25) is 0 Å². The molecule has 1 amide bonds. The number of rotatable bonds is 4. The van der Waals surface area contributed by atoms with Crippen molar-refractivity contribution < 1.29 is 13.2 Å². The molecule has 0 bridgehead atoms. The van der Waals surface area contributed by atoms with Gasteiger partial charge in [-0.25, -0.2) is 8.42 Å². The highest BCUT2D eigenvalue weighted by atomic mass is 32.2. The number of aromatic nitrogens is 1. The molecular weight excluding hydrogens is 410 g/mol. The standard InChI is InChI=1S/C24H23N3O3S/c1-2-26-22-10-4-3-9-20(22)21-16-18(11-12-23(21)26)25-24(28)17-7-5-8-19(15-17)27-13-6-14-31(27,29)30/h3-5,7-12,15-16H,2,6,13-14H2,1H3,(H,25,28). The van der Waals surface area contributed by atoms with Gasteiger partial charge in [-0.15, -0.1) is 0 Å². The lowest BCUT2D eigenvalue weighted by molar-refractivity contribution is 0.102. The first-order valence-electron chi connectivity index (χ1n) is 10.4. The SMILES string of the molecule is CCn1c2ccccc2c2cc(NC(=O)c3cccc(N4CCCS4(=O)=O)c3)ccc21. The summed E-state index contributed by atoms with van der Waals surface area (Å²) in [7, 11) is -3.29.